The second kappa shape index (κ2) is 2.41. The standard InChI is InChI=1S/C5H8N2OS/c1-3(8)5-4(2)9-7-6-5/h3,8H,1-2H3. The fourth-order valence-electron chi connectivity index (χ4n) is 0.621. The molecule has 0 aliphatic heterocycles. The van der Waals surface area contributed by atoms with Gasteiger partial charge in [-0.2, -0.15) is 0 Å². The van der Waals surface area contributed by atoms with Gasteiger partial charge in [-0.15, -0.1) is 5.10 Å². The van der Waals surface area contributed by atoms with Gasteiger partial charge in [0.15, 0.2) is 0 Å². The maximum atomic E-state index is 9.00. The second-order valence-electron chi connectivity index (χ2n) is 1.89. The van der Waals surface area contributed by atoms with Gasteiger partial charge in [0.05, 0.1) is 6.10 Å². The van der Waals surface area contributed by atoms with E-state index in [1.165, 1.54) is 11.5 Å². The SMILES string of the molecule is Cc1snnc1C(C)O. The van der Waals surface area contributed by atoms with Gasteiger partial charge in [0, 0.05) is 4.88 Å². The van der Waals surface area contributed by atoms with Crippen LogP contribution in [0.2, 0.25) is 0 Å². The van der Waals surface area contributed by atoms with Gasteiger partial charge in [-0.1, -0.05) is 4.49 Å². The molecule has 0 saturated carbocycles. The summed E-state index contributed by atoms with van der Waals surface area (Å²) in [5, 5.41) is 12.7. The van der Waals surface area contributed by atoms with Crippen LogP contribution in [0.1, 0.15) is 23.6 Å². The fraction of sp³-hybridized carbons (Fsp3) is 0.600. The Morgan fingerprint density at radius 3 is 2.56 bits per heavy atom. The van der Waals surface area contributed by atoms with Crippen molar-refractivity contribution in [1.29, 1.82) is 0 Å². The minimum absolute atomic E-state index is 0.483. The highest BCUT2D eigenvalue weighted by molar-refractivity contribution is 7.05. The number of nitrogens with zero attached hydrogens (tertiary/aromatic N) is 2. The predicted octanol–water partition coefficient (Wildman–Crippen LogP) is 0.900. The zero-order chi connectivity index (χ0) is 6.85. The molecule has 0 radical (unpaired) electrons. The Bertz CT molecular complexity index is 197. The lowest BCUT2D eigenvalue weighted by molar-refractivity contribution is 0.193. The molecule has 1 aromatic heterocycles. The quantitative estimate of drug-likeness (QED) is 0.637. The number of aryl methyl sites for hydroxylation is 1. The van der Waals surface area contributed by atoms with Crippen LogP contribution in [-0.4, -0.2) is 14.7 Å². The van der Waals surface area contributed by atoms with Gasteiger partial charge in [0.2, 0.25) is 0 Å². The first-order chi connectivity index (χ1) is 4.22. The average molecular weight is 144 g/mol. The molecule has 0 fully saturated rings. The minimum Gasteiger partial charge on any atom is -0.387 e. The van der Waals surface area contributed by atoms with E-state index in [2.05, 4.69) is 9.59 Å². The van der Waals surface area contributed by atoms with Crippen LogP contribution in [0.3, 0.4) is 0 Å². The van der Waals surface area contributed by atoms with E-state index in [1.54, 1.807) is 6.92 Å². The summed E-state index contributed by atoms with van der Waals surface area (Å²) in [5.74, 6) is 0. The van der Waals surface area contributed by atoms with Gasteiger partial charge in [-0.3, -0.25) is 0 Å². The molecular formula is C5H8N2OS. The van der Waals surface area contributed by atoms with Crippen LogP contribution in [0.5, 0.6) is 0 Å². The van der Waals surface area contributed by atoms with Crippen LogP contribution >= 0.6 is 11.5 Å². The molecular weight excluding hydrogens is 136 g/mol. The van der Waals surface area contributed by atoms with Crippen molar-refractivity contribution in [3.63, 3.8) is 0 Å². The molecule has 0 bridgehead atoms. The van der Waals surface area contributed by atoms with Gasteiger partial charge in [-0.25, -0.2) is 0 Å². The molecule has 1 rings (SSSR count). The van der Waals surface area contributed by atoms with Crippen LogP contribution in [-0.2, 0) is 0 Å². The Morgan fingerprint density at radius 1 is 1.67 bits per heavy atom. The zero-order valence-electron chi connectivity index (χ0n) is 5.33. The van der Waals surface area contributed by atoms with Gasteiger partial charge >= 0.3 is 0 Å². The van der Waals surface area contributed by atoms with E-state index in [9.17, 15) is 0 Å². The van der Waals surface area contributed by atoms with Crippen LogP contribution < -0.4 is 0 Å². The van der Waals surface area contributed by atoms with Crippen molar-refractivity contribution in [3.8, 4) is 0 Å². The van der Waals surface area contributed by atoms with Crippen LogP contribution in [0.4, 0.5) is 0 Å². The summed E-state index contributed by atoms with van der Waals surface area (Å²) >= 11 is 1.31. The molecule has 1 aromatic rings. The molecule has 0 saturated heterocycles. The third-order valence-corrected chi connectivity index (χ3v) is 1.73. The summed E-state index contributed by atoms with van der Waals surface area (Å²) in [5.41, 5.74) is 0.694. The number of hydrogen-bond donors (Lipinski definition) is 1. The van der Waals surface area contributed by atoms with E-state index < -0.39 is 6.10 Å². The van der Waals surface area contributed by atoms with E-state index in [4.69, 9.17) is 5.11 Å². The molecule has 0 amide bonds. The summed E-state index contributed by atoms with van der Waals surface area (Å²) in [6.07, 6.45) is -0.483. The van der Waals surface area contributed by atoms with Gasteiger partial charge in [0.25, 0.3) is 0 Å². The van der Waals surface area contributed by atoms with Crippen molar-refractivity contribution in [2.75, 3.05) is 0 Å². The smallest absolute Gasteiger partial charge is 0.107 e. The lowest BCUT2D eigenvalue weighted by atomic mass is 10.3. The Hall–Kier alpha value is -0.480. The number of rotatable bonds is 1. The maximum absolute atomic E-state index is 9.00. The first-order valence-electron chi connectivity index (χ1n) is 2.68. The van der Waals surface area contributed by atoms with Crippen molar-refractivity contribution >= 4 is 11.5 Å². The van der Waals surface area contributed by atoms with Crippen molar-refractivity contribution in [1.82, 2.24) is 9.59 Å². The van der Waals surface area contributed by atoms with Crippen molar-refractivity contribution in [2.45, 2.75) is 20.0 Å². The van der Waals surface area contributed by atoms with E-state index in [0.717, 1.165) is 4.88 Å². The monoisotopic (exact) mass is 144 g/mol. The topological polar surface area (TPSA) is 46.0 Å². The van der Waals surface area contributed by atoms with E-state index >= 15 is 0 Å². The average Bonchev–Trinajstić information content (AvgIpc) is 2.13. The Balaban J connectivity index is 2.94. The number of hydrogen-bond acceptors (Lipinski definition) is 4. The Labute approximate surface area is 57.5 Å². The Morgan fingerprint density at radius 2 is 2.33 bits per heavy atom. The van der Waals surface area contributed by atoms with Crippen LogP contribution in [0.25, 0.3) is 0 Å². The maximum Gasteiger partial charge on any atom is 0.107 e. The summed E-state index contributed by atoms with van der Waals surface area (Å²) in [6, 6.07) is 0. The van der Waals surface area contributed by atoms with Gasteiger partial charge in [-0.05, 0) is 25.4 Å². The molecule has 9 heavy (non-hydrogen) atoms. The molecule has 0 aliphatic rings. The van der Waals surface area contributed by atoms with Crippen LogP contribution in [0, 0.1) is 6.92 Å². The van der Waals surface area contributed by atoms with E-state index in [0.29, 0.717) is 5.69 Å². The number of aromatic nitrogens is 2. The summed E-state index contributed by atoms with van der Waals surface area (Å²) < 4.78 is 3.67. The van der Waals surface area contributed by atoms with Gasteiger partial charge in [0.1, 0.15) is 5.69 Å². The minimum atomic E-state index is -0.483. The number of aliphatic hydroxyl groups excluding tert-OH is 1. The zero-order valence-corrected chi connectivity index (χ0v) is 6.14. The summed E-state index contributed by atoms with van der Waals surface area (Å²) in [4.78, 5) is 0.991. The van der Waals surface area contributed by atoms with E-state index in [-0.39, 0.29) is 0 Å². The lowest BCUT2D eigenvalue weighted by Crippen LogP contribution is -1.92. The molecule has 0 aliphatic carbocycles. The third kappa shape index (κ3) is 1.25. The molecule has 50 valence electrons. The highest BCUT2D eigenvalue weighted by atomic mass is 32.1. The molecule has 0 aromatic carbocycles. The van der Waals surface area contributed by atoms with E-state index in [1.807, 2.05) is 6.92 Å². The van der Waals surface area contributed by atoms with Crippen LogP contribution in [0.15, 0.2) is 0 Å². The summed E-state index contributed by atoms with van der Waals surface area (Å²) in [6.45, 7) is 3.58. The summed E-state index contributed by atoms with van der Waals surface area (Å²) in [7, 11) is 0. The van der Waals surface area contributed by atoms with Crippen molar-refractivity contribution in [2.24, 2.45) is 0 Å². The molecule has 3 nitrogen and oxygen atoms in total. The lowest BCUT2D eigenvalue weighted by Gasteiger charge is -1.96. The molecule has 0 spiro atoms. The van der Waals surface area contributed by atoms with Crippen molar-refractivity contribution in [3.05, 3.63) is 10.6 Å². The molecule has 1 unspecified atom stereocenters. The highest BCUT2D eigenvalue weighted by Crippen LogP contribution is 2.15. The Kier molecular flexibility index (Phi) is 1.78. The first-order valence-corrected chi connectivity index (χ1v) is 3.46. The third-order valence-electron chi connectivity index (χ3n) is 1.08. The normalized spacial score (nSPS) is 13.7. The molecule has 1 atom stereocenters. The second-order valence-corrected chi connectivity index (χ2v) is 2.85. The molecule has 1 N–H and O–H groups in total. The predicted molar refractivity (Wildman–Crippen MR) is 35.3 cm³/mol. The number of aliphatic hydroxyl groups is 1. The fourth-order valence-corrected chi connectivity index (χ4v) is 1.18. The first kappa shape index (κ1) is 6.64. The van der Waals surface area contributed by atoms with Crippen molar-refractivity contribution < 1.29 is 5.11 Å². The van der Waals surface area contributed by atoms with Gasteiger partial charge < -0.3 is 5.11 Å². The highest BCUT2D eigenvalue weighted by Gasteiger charge is 2.07. The molecule has 4 heteroatoms. The molecule has 1 heterocycles. The largest absolute Gasteiger partial charge is 0.387 e.